The smallest absolute Gasteiger partial charge is 0.270 e. The Morgan fingerprint density at radius 2 is 2.04 bits per heavy atom. The molecule has 0 bridgehead atoms. The van der Waals surface area contributed by atoms with Crippen LogP contribution in [0.15, 0.2) is 42.5 Å². The zero-order valence-electron chi connectivity index (χ0n) is 14.2. The Labute approximate surface area is 159 Å². The van der Waals surface area contributed by atoms with Gasteiger partial charge in [-0.25, -0.2) is 4.98 Å². The van der Waals surface area contributed by atoms with Gasteiger partial charge in [-0.1, -0.05) is 48.9 Å². The van der Waals surface area contributed by atoms with Gasteiger partial charge in [0.2, 0.25) is 0 Å². The number of para-hydroxylation sites is 1. The Morgan fingerprint density at radius 3 is 2.65 bits per heavy atom. The molecule has 1 amide bonds. The van der Waals surface area contributed by atoms with Crippen LogP contribution < -0.4 is 4.90 Å². The van der Waals surface area contributed by atoms with Crippen LogP contribution in [0.25, 0.3) is 10.2 Å². The van der Waals surface area contributed by atoms with Gasteiger partial charge in [0.15, 0.2) is 5.13 Å². The molecule has 8 heteroatoms. The number of fused-ring (bicyclic) bond motifs is 1. The summed E-state index contributed by atoms with van der Waals surface area (Å²) in [5, 5.41) is 11.5. The number of carbonyl (C=O) groups excluding carboxylic acids is 1. The van der Waals surface area contributed by atoms with Crippen LogP contribution in [-0.4, -0.2) is 22.4 Å². The first kappa shape index (κ1) is 18.3. The summed E-state index contributed by atoms with van der Waals surface area (Å²) in [7, 11) is 0. The van der Waals surface area contributed by atoms with E-state index < -0.39 is 4.92 Å². The third kappa shape index (κ3) is 3.68. The standard InChI is InChI=1S/C18H16ClN3O3S/c1-11(2)10-21(18-20-15-5-3-4-6-16(15)26-18)17(23)13-8-7-12(22(24)25)9-14(13)19/h3-9,11H,10H2,1-2H3. The molecule has 0 saturated heterocycles. The van der Waals surface area contributed by atoms with Gasteiger partial charge in [0.1, 0.15) is 0 Å². The maximum atomic E-state index is 13.1. The van der Waals surface area contributed by atoms with E-state index in [1.807, 2.05) is 38.1 Å². The van der Waals surface area contributed by atoms with Crippen molar-refractivity contribution in [1.29, 1.82) is 0 Å². The average Bonchev–Trinajstić information content (AvgIpc) is 3.02. The van der Waals surface area contributed by atoms with E-state index in [1.165, 1.54) is 29.5 Å². The topological polar surface area (TPSA) is 76.3 Å². The number of hydrogen-bond donors (Lipinski definition) is 0. The highest BCUT2D eigenvalue weighted by atomic mass is 35.5. The number of carbonyl (C=O) groups is 1. The first-order valence-electron chi connectivity index (χ1n) is 7.98. The van der Waals surface area contributed by atoms with Crippen molar-refractivity contribution in [3.05, 3.63) is 63.2 Å². The molecule has 26 heavy (non-hydrogen) atoms. The Balaban J connectivity index is 2.02. The minimum Gasteiger partial charge on any atom is -0.284 e. The summed E-state index contributed by atoms with van der Waals surface area (Å²) < 4.78 is 0.985. The van der Waals surface area contributed by atoms with Crippen LogP contribution in [0.5, 0.6) is 0 Å². The van der Waals surface area contributed by atoms with Gasteiger partial charge in [-0.15, -0.1) is 0 Å². The number of non-ortho nitro benzene ring substituents is 1. The van der Waals surface area contributed by atoms with Crippen molar-refractivity contribution in [3.63, 3.8) is 0 Å². The third-order valence-electron chi connectivity index (χ3n) is 3.70. The molecule has 6 nitrogen and oxygen atoms in total. The summed E-state index contributed by atoms with van der Waals surface area (Å²) in [6.45, 7) is 4.47. The third-order valence-corrected chi connectivity index (χ3v) is 5.07. The van der Waals surface area contributed by atoms with Gasteiger partial charge in [0.05, 0.1) is 25.7 Å². The Morgan fingerprint density at radius 1 is 1.31 bits per heavy atom. The lowest BCUT2D eigenvalue weighted by Crippen LogP contribution is -2.34. The molecular weight excluding hydrogens is 374 g/mol. The van der Waals surface area contributed by atoms with Crippen molar-refractivity contribution in [2.75, 3.05) is 11.4 Å². The second kappa shape index (κ2) is 7.39. The molecule has 0 radical (unpaired) electrons. The summed E-state index contributed by atoms with van der Waals surface area (Å²) in [6, 6.07) is 11.5. The number of nitro groups is 1. The summed E-state index contributed by atoms with van der Waals surface area (Å²) in [4.78, 5) is 29.6. The number of benzene rings is 2. The molecule has 0 N–H and O–H groups in total. The fourth-order valence-electron chi connectivity index (χ4n) is 2.52. The minimum atomic E-state index is -0.542. The molecule has 0 spiro atoms. The van der Waals surface area contributed by atoms with Crippen molar-refractivity contribution >= 4 is 49.9 Å². The first-order chi connectivity index (χ1) is 12.4. The highest BCUT2D eigenvalue weighted by Gasteiger charge is 2.25. The molecule has 2 aromatic carbocycles. The zero-order valence-corrected chi connectivity index (χ0v) is 15.8. The Hall–Kier alpha value is -2.51. The largest absolute Gasteiger partial charge is 0.284 e. The van der Waals surface area contributed by atoms with Gasteiger partial charge in [-0.3, -0.25) is 19.8 Å². The van der Waals surface area contributed by atoms with Crippen molar-refractivity contribution in [3.8, 4) is 0 Å². The molecular formula is C18H16ClN3O3S. The van der Waals surface area contributed by atoms with Crippen molar-refractivity contribution in [1.82, 2.24) is 4.98 Å². The molecule has 0 unspecified atom stereocenters. The molecule has 134 valence electrons. The lowest BCUT2D eigenvalue weighted by atomic mass is 10.1. The van der Waals surface area contributed by atoms with E-state index in [0.29, 0.717) is 11.7 Å². The maximum absolute atomic E-state index is 13.1. The van der Waals surface area contributed by atoms with Gasteiger partial charge >= 0.3 is 0 Å². The van der Waals surface area contributed by atoms with Crippen LogP contribution in [0.3, 0.4) is 0 Å². The Bertz CT molecular complexity index is 954. The minimum absolute atomic E-state index is 0.0547. The molecule has 0 fully saturated rings. The summed E-state index contributed by atoms with van der Waals surface area (Å²) >= 11 is 7.57. The maximum Gasteiger partial charge on any atom is 0.270 e. The Kier molecular flexibility index (Phi) is 5.20. The van der Waals surface area contributed by atoms with Gasteiger partial charge < -0.3 is 0 Å². The van der Waals surface area contributed by atoms with E-state index in [4.69, 9.17) is 11.6 Å². The van der Waals surface area contributed by atoms with Crippen LogP contribution in [0.1, 0.15) is 24.2 Å². The van der Waals surface area contributed by atoms with Crippen LogP contribution in [-0.2, 0) is 0 Å². The van der Waals surface area contributed by atoms with Crippen LogP contribution in [0, 0.1) is 16.0 Å². The quantitative estimate of drug-likeness (QED) is 0.446. The molecule has 3 rings (SSSR count). The van der Waals surface area contributed by atoms with Crippen LogP contribution >= 0.6 is 22.9 Å². The summed E-state index contributed by atoms with van der Waals surface area (Å²) in [6.07, 6.45) is 0. The number of rotatable bonds is 5. The van der Waals surface area contributed by atoms with E-state index in [1.54, 1.807) is 4.90 Å². The molecule has 0 atom stereocenters. The second-order valence-corrected chi connectivity index (χ2v) is 7.61. The van der Waals surface area contributed by atoms with Crippen molar-refractivity contribution < 1.29 is 9.72 Å². The number of thiazole rings is 1. The molecule has 3 aromatic rings. The van der Waals surface area contributed by atoms with Crippen molar-refractivity contribution in [2.24, 2.45) is 5.92 Å². The molecule has 0 saturated carbocycles. The number of amides is 1. The molecule has 0 aliphatic carbocycles. The monoisotopic (exact) mass is 389 g/mol. The average molecular weight is 390 g/mol. The van der Waals surface area contributed by atoms with E-state index in [9.17, 15) is 14.9 Å². The summed E-state index contributed by atoms with van der Waals surface area (Å²) in [5.41, 5.74) is 0.892. The lowest BCUT2D eigenvalue weighted by molar-refractivity contribution is -0.384. The highest BCUT2D eigenvalue weighted by Crippen LogP contribution is 2.32. The first-order valence-corrected chi connectivity index (χ1v) is 9.17. The molecule has 1 heterocycles. The number of anilines is 1. The molecule has 0 aliphatic rings. The van der Waals surface area contributed by atoms with Gasteiger partial charge in [0.25, 0.3) is 11.6 Å². The number of nitrogens with zero attached hydrogens (tertiary/aromatic N) is 3. The van der Waals surface area contributed by atoms with E-state index in [-0.39, 0.29) is 28.1 Å². The predicted molar refractivity (Wildman–Crippen MR) is 104 cm³/mol. The fraction of sp³-hybridized carbons (Fsp3) is 0.222. The highest BCUT2D eigenvalue weighted by molar-refractivity contribution is 7.22. The van der Waals surface area contributed by atoms with Gasteiger partial charge in [-0.05, 0) is 24.1 Å². The zero-order chi connectivity index (χ0) is 18.8. The number of hydrogen-bond acceptors (Lipinski definition) is 5. The number of aromatic nitrogens is 1. The van der Waals surface area contributed by atoms with E-state index >= 15 is 0 Å². The second-order valence-electron chi connectivity index (χ2n) is 6.20. The van der Waals surface area contributed by atoms with Crippen LogP contribution in [0.2, 0.25) is 5.02 Å². The lowest BCUT2D eigenvalue weighted by Gasteiger charge is -2.22. The molecule has 1 aromatic heterocycles. The van der Waals surface area contributed by atoms with Gasteiger partial charge in [-0.2, -0.15) is 0 Å². The molecule has 0 aliphatic heterocycles. The predicted octanol–water partition coefficient (Wildman–Crippen LogP) is 5.16. The van der Waals surface area contributed by atoms with Crippen LogP contribution in [0.4, 0.5) is 10.8 Å². The van der Waals surface area contributed by atoms with Gasteiger partial charge in [0, 0.05) is 18.7 Å². The normalized spacial score (nSPS) is 11.1. The van der Waals surface area contributed by atoms with E-state index in [0.717, 1.165) is 10.2 Å². The number of halogens is 1. The number of nitro benzene ring substituents is 1. The SMILES string of the molecule is CC(C)CN(C(=O)c1ccc([N+](=O)[O-])cc1Cl)c1nc2ccccc2s1. The van der Waals surface area contributed by atoms with E-state index in [2.05, 4.69) is 4.98 Å². The van der Waals surface area contributed by atoms with Crippen molar-refractivity contribution in [2.45, 2.75) is 13.8 Å². The fourth-order valence-corrected chi connectivity index (χ4v) is 3.75. The summed E-state index contributed by atoms with van der Waals surface area (Å²) in [5.74, 6) is -0.111.